The summed E-state index contributed by atoms with van der Waals surface area (Å²) >= 11 is 0. The van der Waals surface area contributed by atoms with Gasteiger partial charge in [0.15, 0.2) is 17.5 Å². The molecular formula is C13H9F2N3O3. The van der Waals surface area contributed by atoms with Crippen molar-refractivity contribution in [3.8, 4) is 0 Å². The Balaban J connectivity index is 1.99. The largest absolute Gasteiger partial charge is 0.339 e. The number of benzene rings is 1. The van der Waals surface area contributed by atoms with Gasteiger partial charge in [-0.15, -0.1) is 0 Å². The SMILES string of the molecule is CCc1nc(CN2C(=O)C(=O)c3cc(F)c(F)cc32)no1. The fourth-order valence-electron chi connectivity index (χ4n) is 2.09. The Hall–Kier alpha value is -2.64. The van der Waals surface area contributed by atoms with Gasteiger partial charge in [-0.1, -0.05) is 12.1 Å². The number of hydrogen-bond donors (Lipinski definition) is 0. The van der Waals surface area contributed by atoms with Gasteiger partial charge in [0.2, 0.25) is 5.89 Å². The minimum Gasteiger partial charge on any atom is -0.339 e. The molecule has 6 nitrogen and oxygen atoms in total. The number of Topliss-reactive ketones (excluding diaryl/α,β-unsaturated/α-hetero) is 1. The number of nitrogens with zero attached hydrogens (tertiary/aromatic N) is 3. The van der Waals surface area contributed by atoms with E-state index in [1.807, 2.05) is 6.92 Å². The second kappa shape index (κ2) is 4.72. The number of fused-ring (bicyclic) bond motifs is 1. The normalized spacial score (nSPS) is 14.0. The summed E-state index contributed by atoms with van der Waals surface area (Å²) in [5.74, 6) is -3.51. The predicted molar refractivity (Wildman–Crippen MR) is 65.6 cm³/mol. The van der Waals surface area contributed by atoms with E-state index in [-0.39, 0.29) is 23.6 Å². The van der Waals surface area contributed by atoms with E-state index in [0.717, 1.165) is 17.0 Å². The lowest BCUT2D eigenvalue weighted by Crippen LogP contribution is -2.29. The summed E-state index contributed by atoms with van der Waals surface area (Å²) in [6, 6.07) is 1.53. The Morgan fingerprint density at radius 3 is 2.62 bits per heavy atom. The first-order chi connectivity index (χ1) is 10.0. The van der Waals surface area contributed by atoms with Crippen molar-refractivity contribution in [1.82, 2.24) is 10.1 Å². The van der Waals surface area contributed by atoms with E-state index in [9.17, 15) is 18.4 Å². The van der Waals surface area contributed by atoms with Gasteiger partial charge in [-0.05, 0) is 6.07 Å². The number of carbonyl (C=O) groups excluding carboxylic acids is 2. The summed E-state index contributed by atoms with van der Waals surface area (Å²) in [5.41, 5.74) is -0.162. The second-order valence-corrected chi connectivity index (χ2v) is 4.46. The number of anilines is 1. The lowest BCUT2D eigenvalue weighted by molar-refractivity contribution is -0.114. The Labute approximate surface area is 117 Å². The van der Waals surface area contributed by atoms with Crippen molar-refractivity contribution >= 4 is 17.4 Å². The summed E-state index contributed by atoms with van der Waals surface area (Å²) < 4.78 is 31.4. The lowest BCUT2D eigenvalue weighted by atomic mass is 10.1. The van der Waals surface area contributed by atoms with E-state index in [4.69, 9.17) is 4.52 Å². The number of aryl methyl sites for hydroxylation is 1. The molecule has 1 aliphatic heterocycles. The summed E-state index contributed by atoms with van der Waals surface area (Å²) in [4.78, 5) is 28.7. The van der Waals surface area contributed by atoms with E-state index in [0.29, 0.717) is 12.3 Å². The summed E-state index contributed by atoms with van der Waals surface area (Å²) in [5, 5.41) is 3.66. The van der Waals surface area contributed by atoms with Gasteiger partial charge in [0.25, 0.3) is 11.7 Å². The maximum Gasteiger partial charge on any atom is 0.299 e. The van der Waals surface area contributed by atoms with Crippen LogP contribution in [0.1, 0.15) is 29.0 Å². The molecule has 0 saturated heterocycles. The van der Waals surface area contributed by atoms with Crippen LogP contribution in [0.4, 0.5) is 14.5 Å². The highest BCUT2D eigenvalue weighted by Crippen LogP contribution is 2.31. The van der Waals surface area contributed by atoms with E-state index in [1.54, 1.807) is 0 Å². The monoisotopic (exact) mass is 293 g/mol. The number of rotatable bonds is 3. The first-order valence-corrected chi connectivity index (χ1v) is 6.18. The Morgan fingerprint density at radius 2 is 1.95 bits per heavy atom. The molecule has 2 heterocycles. The van der Waals surface area contributed by atoms with Crippen LogP contribution in [0, 0.1) is 11.6 Å². The quantitative estimate of drug-likeness (QED) is 0.804. The van der Waals surface area contributed by atoms with Crippen molar-refractivity contribution in [2.75, 3.05) is 4.90 Å². The Kier molecular flexibility index (Phi) is 3.00. The summed E-state index contributed by atoms with van der Waals surface area (Å²) in [6.07, 6.45) is 0.524. The molecule has 3 rings (SSSR count). The molecule has 0 fully saturated rings. The van der Waals surface area contributed by atoms with Gasteiger partial charge in [-0.3, -0.25) is 14.5 Å². The van der Waals surface area contributed by atoms with Crippen LogP contribution in [0.5, 0.6) is 0 Å². The number of halogens is 2. The first-order valence-electron chi connectivity index (χ1n) is 6.18. The van der Waals surface area contributed by atoms with Gasteiger partial charge in [0, 0.05) is 12.5 Å². The van der Waals surface area contributed by atoms with Crippen LogP contribution in [0.25, 0.3) is 0 Å². The molecule has 0 aliphatic carbocycles. The highest BCUT2D eigenvalue weighted by atomic mass is 19.2. The van der Waals surface area contributed by atoms with Crippen molar-refractivity contribution < 1.29 is 22.9 Å². The van der Waals surface area contributed by atoms with Crippen LogP contribution < -0.4 is 4.90 Å². The van der Waals surface area contributed by atoms with Gasteiger partial charge in [-0.25, -0.2) is 8.78 Å². The molecule has 21 heavy (non-hydrogen) atoms. The molecule has 0 unspecified atom stereocenters. The van der Waals surface area contributed by atoms with Crippen LogP contribution in [-0.2, 0) is 17.8 Å². The molecule has 0 radical (unpaired) electrons. The van der Waals surface area contributed by atoms with Gasteiger partial charge >= 0.3 is 0 Å². The molecule has 0 saturated carbocycles. The molecule has 0 spiro atoms. The van der Waals surface area contributed by atoms with E-state index in [2.05, 4.69) is 10.1 Å². The highest BCUT2D eigenvalue weighted by Gasteiger charge is 2.37. The molecule has 8 heteroatoms. The molecule has 1 aliphatic rings. The maximum atomic E-state index is 13.3. The van der Waals surface area contributed by atoms with Crippen molar-refractivity contribution in [2.24, 2.45) is 0 Å². The fraction of sp³-hybridized carbons (Fsp3) is 0.231. The molecule has 1 aromatic carbocycles. The van der Waals surface area contributed by atoms with Crippen LogP contribution in [0.3, 0.4) is 0 Å². The lowest BCUT2D eigenvalue weighted by Gasteiger charge is -2.13. The van der Waals surface area contributed by atoms with Crippen LogP contribution in [-0.4, -0.2) is 21.8 Å². The average molecular weight is 293 g/mol. The maximum absolute atomic E-state index is 13.3. The molecule has 0 atom stereocenters. The molecule has 0 bridgehead atoms. The van der Waals surface area contributed by atoms with E-state index < -0.39 is 23.3 Å². The topological polar surface area (TPSA) is 76.3 Å². The molecule has 2 aromatic rings. The number of amides is 1. The number of aromatic nitrogens is 2. The van der Waals surface area contributed by atoms with Crippen molar-refractivity contribution in [2.45, 2.75) is 19.9 Å². The zero-order valence-electron chi connectivity index (χ0n) is 10.9. The first kappa shape index (κ1) is 13.3. The van der Waals surface area contributed by atoms with E-state index in [1.165, 1.54) is 0 Å². The molecule has 1 aromatic heterocycles. The number of carbonyl (C=O) groups is 2. The third-order valence-electron chi connectivity index (χ3n) is 3.13. The average Bonchev–Trinajstić information content (AvgIpc) is 3.01. The van der Waals surface area contributed by atoms with Gasteiger partial charge in [0.05, 0.1) is 17.8 Å². The van der Waals surface area contributed by atoms with Crippen molar-refractivity contribution in [1.29, 1.82) is 0 Å². The zero-order valence-corrected chi connectivity index (χ0v) is 10.9. The molecule has 0 N–H and O–H groups in total. The standard InChI is InChI=1S/C13H9F2N3O3/c1-2-11-16-10(17-21-11)5-18-9-4-8(15)7(14)3-6(9)12(19)13(18)20/h3-4H,2,5H2,1H3. The fourth-order valence-corrected chi connectivity index (χ4v) is 2.09. The predicted octanol–water partition coefficient (Wildman–Crippen LogP) is 1.64. The van der Waals surface area contributed by atoms with Crippen molar-refractivity contribution in [3.63, 3.8) is 0 Å². The summed E-state index contributed by atoms with van der Waals surface area (Å²) in [7, 11) is 0. The summed E-state index contributed by atoms with van der Waals surface area (Å²) in [6.45, 7) is 1.67. The van der Waals surface area contributed by atoms with Gasteiger partial charge in [-0.2, -0.15) is 4.98 Å². The van der Waals surface area contributed by atoms with Crippen LogP contribution in [0.15, 0.2) is 16.7 Å². The third kappa shape index (κ3) is 2.08. The highest BCUT2D eigenvalue weighted by molar-refractivity contribution is 6.52. The Bertz CT molecular complexity index is 757. The second-order valence-electron chi connectivity index (χ2n) is 4.46. The molecule has 1 amide bonds. The zero-order chi connectivity index (χ0) is 15.1. The smallest absolute Gasteiger partial charge is 0.299 e. The van der Waals surface area contributed by atoms with Crippen molar-refractivity contribution in [3.05, 3.63) is 41.0 Å². The number of ketones is 1. The van der Waals surface area contributed by atoms with Crippen LogP contribution in [0.2, 0.25) is 0 Å². The minimum atomic E-state index is -1.18. The molecular weight excluding hydrogens is 284 g/mol. The van der Waals surface area contributed by atoms with E-state index >= 15 is 0 Å². The van der Waals surface area contributed by atoms with Crippen LogP contribution >= 0.6 is 0 Å². The molecule has 108 valence electrons. The third-order valence-corrected chi connectivity index (χ3v) is 3.13. The van der Waals surface area contributed by atoms with Gasteiger partial charge in [0.1, 0.15) is 0 Å². The minimum absolute atomic E-state index is 0.00625. The Morgan fingerprint density at radius 1 is 1.24 bits per heavy atom. The number of hydrogen-bond acceptors (Lipinski definition) is 5. The van der Waals surface area contributed by atoms with Gasteiger partial charge < -0.3 is 4.52 Å².